The van der Waals surface area contributed by atoms with Gasteiger partial charge in [0.2, 0.25) is 10.0 Å². The van der Waals surface area contributed by atoms with Gasteiger partial charge in [0.15, 0.2) is 0 Å². The van der Waals surface area contributed by atoms with Crippen LogP contribution >= 0.6 is 23.2 Å². The molecule has 1 aromatic carbocycles. The molecule has 96 valence electrons. The summed E-state index contributed by atoms with van der Waals surface area (Å²) in [6, 6.07) is 4.14. The van der Waals surface area contributed by atoms with Crippen LogP contribution in [0.1, 0.15) is 13.8 Å². The van der Waals surface area contributed by atoms with Gasteiger partial charge in [-0.25, -0.2) is 13.1 Å². The van der Waals surface area contributed by atoms with E-state index in [2.05, 4.69) is 4.72 Å². The molecule has 0 bridgehead atoms. The Labute approximate surface area is 111 Å². The molecule has 0 radical (unpaired) electrons. The van der Waals surface area contributed by atoms with Crippen molar-refractivity contribution in [1.82, 2.24) is 4.72 Å². The highest BCUT2D eigenvalue weighted by Gasteiger charge is 2.25. The first-order chi connectivity index (χ1) is 7.66. The highest BCUT2D eigenvalue weighted by Crippen LogP contribution is 2.23. The van der Waals surface area contributed by atoms with Gasteiger partial charge in [0.05, 0.1) is 4.90 Å². The number of hydrogen-bond acceptors (Lipinski definition) is 3. The van der Waals surface area contributed by atoms with Crippen molar-refractivity contribution in [2.45, 2.75) is 24.3 Å². The Bertz CT molecular complexity index is 495. The van der Waals surface area contributed by atoms with Gasteiger partial charge in [-0.05, 0) is 32.0 Å². The van der Waals surface area contributed by atoms with E-state index in [1.165, 1.54) is 18.2 Å². The summed E-state index contributed by atoms with van der Waals surface area (Å²) < 4.78 is 26.5. The lowest BCUT2D eigenvalue weighted by Crippen LogP contribution is -2.48. The van der Waals surface area contributed by atoms with E-state index in [1.54, 1.807) is 13.8 Å². The van der Waals surface area contributed by atoms with E-state index in [0.717, 1.165) is 0 Å². The van der Waals surface area contributed by atoms with Gasteiger partial charge in [0.1, 0.15) is 0 Å². The second kappa shape index (κ2) is 5.12. The molecule has 0 saturated carbocycles. The first kappa shape index (κ1) is 14.7. The second-order valence-corrected chi connectivity index (χ2v) is 6.85. The summed E-state index contributed by atoms with van der Waals surface area (Å²) >= 11 is 11.5. The van der Waals surface area contributed by atoms with Gasteiger partial charge in [-0.3, -0.25) is 0 Å². The van der Waals surface area contributed by atoms with Gasteiger partial charge in [0.25, 0.3) is 0 Å². The van der Waals surface area contributed by atoms with E-state index >= 15 is 0 Å². The van der Waals surface area contributed by atoms with E-state index in [0.29, 0.717) is 0 Å². The fourth-order valence-corrected chi connectivity index (χ4v) is 3.30. The molecule has 0 spiro atoms. The third-order valence-corrected chi connectivity index (χ3v) is 4.18. The van der Waals surface area contributed by atoms with Crippen molar-refractivity contribution < 1.29 is 8.42 Å². The summed E-state index contributed by atoms with van der Waals surface area (Å²) in [5.74, 6) is 0. The molecule has 4 nitrogen and oxygen atoms in total. The average Bonchev–Trinajstić information content (AvgIpc) is 2.14. The first-order valence-electron chi connectivity index (χ1n) is 4.86. The van der Waals surface area contributed by atoms with Crippen molar-refractivity contribution in [1.29, 1.82) is 0 Å². The molecule has 0 aliphatic rings. The molecule has 0 atom stereocenters. The highest BCUT2D eigenvalue weighted by atomic mass is 35.5. The predicted molar refractivity (Wildman–Crippen MR) is 69.9 cm³/mol. The summed E-state index contributed by atoms with van der Waals surface area (Å²) in [5, 5.41) is 0.534. The van der Waals surface area contributed by atoms with Crippen molar-refractivity contribution in [2.75, 3.05) is 6.54 Å². The summed E-state index contributed by atoms with van der Waals surface area (Å²) in [6.45, 7) is 3.56. The maximum atomic E-state index is 12.0. The van der Waals surface area contributed by atoms with Crippen LogP contribution in [-0.4, -0.2) is 20.5 Å². The zero-order valence-electron chi connectivity index (χ0n) is 9.50. The van der Waals surface area contributed by atoms with E-state index in [4.69, 9.17) is 28.9 Å². The van der Waals surface area contributed by atoms with Crippen LogP contribution in [0, 0.1) is 0 Å². The Morgan fingerprint density at radius 1 is 1.24 bits per heavy atom. The molecular weight excluding hydrogens is 283 g/mol. The lowest BCUT2D eigenvalue weighted by molar-refractivity contribution is 0.462. The van der Waals surface area contributed by atoms with E-state index in [-0.39, 0.29) is 21.5 Å². The first-order valence-corrected chi connectivity index (χ1v) is 7.10. The van der Waals surface area contributed by atoms with Crippen LogP contribution in [0.3, 0.4) is 0 Å². The van der Waals surface area contributed by atoms with Crippen LogP contribution in [0.25, 0.3) is 0 Å². The molecule has 0 aliphatic carbocycles. The van der Waals surface area contributed by atoms with Gasteiger partial charge < -0.3 is 5.73 Å². The summed E-state index contributed by atoms with van der Waals surface area (Å²) in [4.78, 5) is 0.0246. The molecule has 0 fully saturated rings. The van der Waals surface area contributed by atoms with Crippen molar-refractivity contribution in [3.63, 3.8) is 0 Å². The molecule has 1 rings (SSSR count). The summed E-state index contributed by atoms with van der Waals surface area (Å²) in [5.41, 5.74) is 4.74. The second-order valence-electron chi connectivity index (χ2n) is 4.30. The Hall–Kier alpha value is -0.330. The van der Waals surface area contributed by atoms with Gasteiger partial charge in [-0.1, -0.05) is 23.2 Å². The SMILES string of the molecule is CC(C)(CN)NS(=O)(=O)c1cc(Cl)cc(Cl)c1. The minimum atomic E-state index is -3.67. The Morgan fingerprint density at radius 2 is 1.71 bits per heavy atom. The molecule has 0 aliphatic heterocycles. The van der Waals surface area contributed by atoms with Crippen LogP contribution < -0.4 is 10.5 Å². The van der Waals surface area contributed by atoms with Crippen molar-refractivity contribution in [2.24, 2.45) is 5.73 Å². The maximum absolute atomic E-state index is 12.0. The van der Waals surface area contributed by atoms with Crippen LogP contribution in [0.5, 0.6) is 0 Å². The number of sulfonamides is 1. The molecule has 7 heteroatoms. The number of nitrogens with two attached hydrogens (primary N) is 1. The molecule has 0 saturated heterocycles. The molecule has 0 aromatic heterocycles. The van der Waals surface area contributed by atoms with Gasteiger partial charge >= 0.3 is 0 Å². The zero-order valence-corrected chi connectivity index (χ0v) is 11.8. The minimum Gasteiger partial charge on any atom is -0.329 e. The molecule has 0 amide bonds. The van der Waals surface area contributed by atoms with Crippen LogP contribution in [0.2, 0.25) is 10.0 Å². The Kier molecular flexibility index (Phi) is 4.43. The van der Waals surface area contributed by atoms with Crippen molar-refractivity contribution in [3.05, 3.63) is 28.2 Å². The van der Waals surface area contributed by atoms with E-state index < -0.39 is 15.6 Å². The number of halogens is 2. The summed E-state index contributed by atoms with van der Waals surface area (Å²) in [7, 11) is -3.67. The fraction of sp³-hybridized carbons (Fsp3) is 0.400. The van der Waals surface area contributed by atoms with Crippen molar-refractivity contribution in [3.8, 4) is 0 Å². The minimum absolute atomic E-state index is 0.0246. The van der Waals surface area contributed by atoms with E-state index in [1.807, 2.05) is 0 Å². The molecular formula is C10H14Cl2N2O2S. The van der Waals surface area contributed by atoms with Crippen LogP contribution in [0.15, 0.2) is 23.1 Å². The standard InChI is InChI=1S/C10H14Cl2N2O2S/c1-10(2,6-13)14-17(15,16)9-4-7(11)3-8(12)5-9/h3-5,14H,6,13H2,1-2H3. The quantitative estimate of drug-likeness (QED) is 0.893. The molecule has 17 heavy (non-hydrogen) atoms. The molecule has 1 aromatic rings. The topological polar surface area (TPSA) is 72.2 Å². The number of hydrogen-bond donors (Lipinski definition) is 2. The molecule has 0 unspecified atom stereocenters. The van der Waals surface area contributed by atoms with Gasteiger partial charge in [-0.15, -0.1) is 0 Å². The maximum Gasteiger partial charge on any atom is 0.241 e. The van der Waals surface area contributed by atoms with Crippen LogP contribution in [-0.2, 0) is 10.0 Å². The molecule has 3 N–H and O–H groups in total. The fourth-order valence-electron chi connectivity index (χ4n) is 1.15. The molecule has 0 heterocycles. The predicted octanol–water partition coefficient (Wildman–Crippen LogP) is 2.01. The summed E-state index contributed by atoms with van der Waals surface area (Å²) in [6.07, 6.45) is 0. The monoisotopic (exact) mass is 296 g/mol. The van der Waals surface area contributed by atoms with Gasteiger partial charge in [0, 0.05) is 22.1 Å². The zero-order chi connectivity index (χ0) is 13.3. The number of rotatable bonds is 4. The average molecular weight is 297 g/mol. The smallest absolute Gasteiger partial charge is 0.241 e. The Balaban J connectivity index is 3.14. The highest BCUT2D eigenvalue weighted by molar-refractivity contribution is 7.89. The third kappa shape index (κ3) is 4.12. The normalized spacial score (nSPS) is 12.8. The number of nitrogens with one attached hydrogen (secondary N) is 1. The van der Waals surface area contributed by atoms with E-state index in [9.17, 15) is 8.42 Å². The van der Waals surface area contributed by atoms with Crippen molar-refractivity contribution >= 4 is 33.2 Å². The van der Waals surface area contributed by atoms with Crippen LogP contribution in [0.4, 0.5) is 0 Å². The Morgan fingerprint density at radius 3 is 2.12 bits per heavy atom. The lowest BCUT2D eigenvalue weighted by Gasteiger charge is -2.23. The van der Waals surface area contributed by atoms with Gasteiger partial charge in [-0.2, -0.15) is 0 Å². The largest absolute Gasteiger partial charge is 0.329 e. The number of benzene rings is 1. The third-order valence-electron chi connectivity index (χ3n) is 2.07. The lowest BCUT2D eigenvalue weighted by atomic mass is 10.1.